The van der Waals surface area contributed by atoms with E-state index in [4.69, 9.17) is 23.2 Å². The average molecular weight is 312 g/mol. The number of halogens is 2. The molecule has 2 aromatic rings. The summed E-state index contributed by atoms with van der Waals surface area (Å²) in [6.07, 6.45) is 1.58. The van der Waals surface area contributed by atoms with Crippen LogP contribution in [0.25, 0.3) is 0 Å². The smallest absolute Gasteiger partial charge is 0.249 e. The first kappa shape index (κ1) is 14.8. The van der Waals surface area contributed by atoms with Crippen LogP contribution in [0, 0.1) is 5.92 Å². The molecule has 0 radical (unpaired) electrons. The van der Waals surface area contributed by atoms with Gasteiger partial charge < -0.3 is 10.6 Å². The number of hydrogen-bond acceptors (Lipinski definition) is 5. The molecule has 0 fully saturated rings. The van der Waals surface area contributed by atoms with E-state index in [9.17, 15) is 0 Å². The molecule has 5 nitrogen and oxygen atoms in total. The van der Waals surface area contributed by atoms with Crippen LogP contribution in [0.15, 0.2) is 24.4 Å². The van der Waals surface area contributed by atoms with E-state index in [-0.39, 0.29) is 0 Å². The summed E-state index contributed by atoms with van der Waals surface area (Å²) in [5.41, 5.74) is 0.680. The molecule has 0 amide bonds. The Bertz CT molecular complexity index is 589. The van der Waals surface area contributed by atoms with Crippen molar-refractivity contribution in [1.82, 2.24) is 15.2 Å². The van der Waals surface area contributed by atoms with Crippen LogP contribution in [-0.2, 0) is 0 Å². The summed E-state index contributed by atoms with van der Waals surface area (Å²) in [6, 6.07) is 5.16. The van der Waals surface area contributed by atoms with Gasteiger partial charge in [-0.05, 0) is 24.1 Å². The van der Waals surface area contributed by atoms with Gasteiger partial charge in [-0.2, -0.15) is 10.1 Å². The van der Waals surface area contributed by atoms with Gasteiger partial charge in [0.05, 0.1) is 16.9 Å². The molecule has 0 unspecified atom stereocenters. The summed E-state index contributed by atoms with van der Waals surface area (Å²) in [7, 11) is 0. The Morgan fingerprint density at radius 2 is 2.05 bits per heavy atom. The van der Waals surface area contributed by atoms with Crippen LogP contribution in [0.2, 0.25) is 10.0 Å². The first-order chi connectivity index (χ1) is 9.54. The van der Waals surface area contributed by atoms with Gasteiger partial charge in [-0.3, -0.25) is 0 Å². The second-order valence-corrected chi connectivity index (χ2v) is 5.53. The third kappa shape index (κ3) is 4.21. The van der Waals surface area contributed by atoms with Crippen molar-refractivity contribution < 1.29 is 0 Å². The number of rotatable bonds is 5. The maximum absolute atomic E-state index is 6.08. The minimum Gasteiger partial charge on any atom is -0.368 e. The highest BCUT2D eigenvalue weighted by atomic mass is 35.5. The molecular weight excluding hydrogens is 297 g/mol. The van der Waals surface area contributed by atoms with Gasteiger partial charge in [0.1, 0.15) is 0 Å². The Hall–Kier alpha value is -1.59. The van der Waals surface area contributed by atoms with E-state index in [2.05, 4.69) is 39.7 Å². The van der Waals surface area contributed by atoms with Gasteiger partial charge in [0.15, 0.2) is 5.82 Å². The third-order valence-electron chi connectivity index (χ3n) is 2.43. The van der Waals surface area contributed by atoms with Crippen LogP contribution in [0.1, 0.15) is 13.8 Å². The third-order valence-corrected chi connectivity index (χ3v) is 2.98. The fraction of sp³-hybridized carbons (Fsp3) is 0.308. The highest BCUT2D eigenvalue weighted by Crippen LogP contribution is 2.27. The van der Waals surface area contributed by atoms with Crippen LogP contribution in [0.5, 0.6) is 0 Å². The van der Waals surface area contributed by atoms with E-state index in [0.29, 0.717) is 33.4 Å². The van der Waals surface area contributed by atoms with Crippen molar-refractivity contribution in [1.29, 1.82) is 0 Å². The van der Waals surface area contributed by atoms with Gasteiger partial charge in [0.25, 0.3) is 0 Å². The summed E-state index contributed by atoms with van der Waals surface area (Å²) >= 11 is 11.9. The zero-order valence-electron chi connectivity index (χ0n) is 11.2. The SMILES string of the molecule is CC(C)CNc1cnnc(Nc2ccc(Cl)cc2Cl)n1. The predicted octanol–water partition coefficient (Wildman–Crippen LogP) is 3.99. The van der Waals surface area contributed by atoms with Crippen molar-refractivity contribution in [2.75, 3.05) is 17.2 Å². The molecule has 0 spiro atoms. The molecule has 106 valence electrons. The lowest BCUT2D eigenvalue weighted by Crippen LogP contribution is -2.10. The maximum atomic E-state index is 6.08. The number of aromatic nitrogens is 3. The van der Waals surface area contributed by atoms with E-state index >= 15 is 0 Å². The van der Waals surface area contributed by atoms with E-state index in [1.165, 1.54) is 0 Å². The van der Waals surface area contributed by atoms with Gasteiger partial charge in [0.2, 0.25) is 5.95 Å². The summed E-state index contributed by atoms with van der Waals surface area (Å²) in [5, 5.41) is 15.1. The molecule has 20 heavy (non-hydrogen) atoms. The molecule has 2 N–H and O–H groups in total. The summed E-state index contributed by atoms with van der Waals surface area (Å²) < 4.78 is 0. The highest BCUT2D eigenvalue weighted by molar-refractivity contribution is 6.36. The van der Waals surface area contributed by atoms with Gasteiger partial charge in [-0.1, -0.05) is 37.0 Å². The van der Waals surface area contributed by atoms with Crippen LogP contribution < -0.4 is 10.6 Å². The fourth-order valence-corrected chi connectivity index (χ4v) is 1.92. The van der Waals surface area contributed by atoms with Crippen molar-refractivity contribution in [2.45, 2.75) is 13.8 Å². The molecule has 0 bridgehead atoms. The second kappa shape index (κ2) is 6.72. The van der Waals surface area contributed by atoms with Gasteiger partial charge in [-0.25, -0.2) is 0 Å². The zero-order valence-corrected chi connectivity index (χ0v) is 12.7. The average Bonchev–Trinajstić information content (AvgIpc) is 2.40. The lowest BCUT2D eigenvalue weighted by atomic mass is 10.2. The zero-order chi connectivity index (χ0) is 14.5. The normalized spacial score (nSPS) is 10.7. The topological polar surface area (TPSA) is 62.7 Å². The molecule has 1 aromatic carbocycles. The summed E-state index contributed by atoms with van der Waals surface area (Å²) in [4.78, 5) is 4.32. The molecule has 0 saturated heterocycles. The molecule has 1 heterocycles. The van der Waals surface area contributed by atoms with Gasteiger partial charge >= 0.3 is 0 Å². The fourth-order valence-electron chi connectivity index (χ4n) is 1.46. The number of nitrogens with one attached hydrogen (secondary N) is 2. The Kier molecular flexibility index (Phi) is 4.98. The second-order valence-electron chi connectivity index (χ2n) is 4.69. The molecule has 2 rings (SSSR count). The first-order valence-corrected chi connectivity index (χ1v) is 6.96. The lowest BCUT2D eigenvalue weighted by Gasteiger charge is -2.10. The number of nitrogens with zero attached hydrogens (tertiary/aromatic N) is 3. The molecule has 0 saturated carbocycles. The molecule has 1 aromatic heterocycles. The first-order valence-electron chi connectivity index (χ1n) is 6.20. The predicted molar refractivity (Wildman–Crippen MR) is 82.9 cm³/mol. The quantitative estimate of drug-likeness (QED) is 0.874. The van der Waals surface area contributed by atoms with Crippen molar-refractivity contribution in [3.05, 3.63) is 34.4 Å². The molecule has 0 atom stereocenters. The monoisotopic (exact) mass is 311 g/mol. The van der Waals surface area contributed by atoms with Crippen molar-refractivity contribution in [3.8, 4) is 0 Å². The summed E-state index contributed by atoms with van der Waals surface area (Å²) in [6.45, 7) is 5.06. The van der Waals surface area contributed by atoms with Gasteiger partial charge in [0, 0.05) is 11.6 Å². The van der Waals surface area contributed by atoms with Crippen molar-refractivity contribution in [2.24, 2.45) is 5.92 Å². The number of anilines is 3. The highest BCUT2D eigenvalue weighted by Gasteiger charge is 2.05. The van der Waals surface area contributed by atoms with E-state index in [0.717, 1.165) is 6.54 Å². The van der Waals surface area contributed by atoms with Gasteiger partial charge in [-0.15, -0.1) is 5.10 Å². The largest absolute Gasteiger partial charge is 0.368 e. The standard InChI is InChI=1S/C13H15Cl2N5/c1-8(2)6-16-12-7-17-20-13(19-12)18-11-4-3-9(14)5-10(11)15/h3-5,7-8H,6H2,1-2H3,(H2,16,18,19,20). The van der Waals surface area contributed by atoms with E-state index in [1.54, 1.807) is 24.4 Å². The molecule has 0 aliphatic carbocycles. The molecule has 0 aliphatic rings. The molecule has 0 aliphatic heterocycles. The minimum atomic E-state index is 0.378. The molecule has 7 heteroatoms. The molecular formula is C13H15Cl2N5. The number of benzene rings is 1. The minimum absolute atomic E-state index is 0.378. The van der Waals surface area contributed by atoms with Crippen LogP contribution in [0.3, 0.4) is 0 Å². The van der Waals surface area contributed by atoms with Crippen LogP contribution in [-0.4, -0.2) is 21.7 Å². The van der Waals surface area contributed by atoms with Crippen molar-refractivity contribution in [3.63, 3.8) is 0 Å². The van der Waals surface area contributed by atoms with Crippen LogP contribution >= 0.6 is 23.2 Å². The van der Waals surface area contributed by atoms with E-state index < -0.39 is 0 Å². The van der Waals surface area contributed by atoms with E-state index in [1.807, 2.05) is 0 Å². The van der Waals surface area contributed by atoms with Crippen molar-refractivity contribution >= 4 is 40.7 Å². The summed E-state index contributed by atoms with van der Waals surface area (Å²) in [5.74, 6) is 1.57. The van der Waals surface area contributed by atoms with Crippen LogP contribution in [0.4, 0.5) is 17.5 Å². The lowest BCUT2D eigenvalue weighted by molar-refractivity contribution is 0.686. The number of hydrogen-bond donors (Lipinski definition) is 2. The maximum Gasteiger partial charge on any atom is 0.249 e. The Morgan fingerprint density at radius 3 is 2.75 bits per heavy atom. The Balaban J connectivity index is 2.11. The Morgan fingerprint density at radius 1 is 1.25 bits per heavy atom. The Labute approximate surface area is 127 Å².